The van der Waals surface area contributed by atoms with Gasteiger partial charge in [0.15, 0.2) is 21.4 Å². The molecule has 0 fully saturated rings. The van der Waals surface area contributed by atoms with Gasteiger partial charge in [0, 0.05) is 24.9 Å². The van der Waals surface area contributed by atoms with Gasteiger partial charge in [0.05, 0.1) is 22.9 Å². The van der Waals surface area contributed by atoms with Crippen LogP contribution in [0.1, 0.15) is 24.6 Å². The van der Waals surface area contributed by atoms with E-state index < -0.39 is 44.9 Å². The second-order valence-electron chi connectivity index (χ2n) is 7.20. The first kappa shape index (κ1) is 24.4. The molecule has 0 aliphatic rings. The van der Waals surface area contributed by atoms with Gasteiger partial charge in [-0.2, -0.15) is 23.1 Å². The molecule has 0 N–H and O–H groups in total. The number of ether oxygens (including phenoxy) is 1. The Morgan fingerprint density at radius 1 is 1.12 bits per heavy atom. The summed E-state index contributed by atoms with van der Waals surface area (Å²) in [6, 6.07) is 5.61. The molecule has 176 valence electrons. The fraction of sp³-hybridized carbons (Fsp3) is 0.286. The lowest BCUT2D eigenvalue weighted by molar-refractivity contribution is -0.138. The molecule has 0 radical (unpaired) electrons. The van der Waals surface area contributed by atoms with Crippen molar-refractivity contribution in [2.24, 2.45) is 7.05 Å². The van der Waals surface area contributed by atoms with E-state index in [1.165, 1.54) is 36.0 Å². The Kier molecular flexibility index (Phi) is 6.86. The van der Waals surface area contributed by atoms with Crippen LogP contribution >= 0.6 is 0 Å². The lowest BCUT2D eigenvalue weighted by Crippen LogP contribution is -2.14. The average molecular weight is 485 g/mol. The predicted octanol–water partition coefficient (Wildman–Crippen LogP) is 4.12. The number of benzene rings is 1. The number of aromatic nitrogens is 3. The van der Waals surface area contributed by atoms with Gasteiger partial charge in [0.2, 0.25) is 5.56 Å². The van der Waals surface area contributed by atoms with Gasteiger partial charge in [-0.1, -0.05) is 13.0 Å². The van der Waals surface area contributed by atoms with Crippen molar-refractivity contribution in [2.45, 2.75) is 25.3 Å². The summed E-state index contributed by atoms with van der Waals surface area (Å²) < 4.78 is 85.2. The minimum Gasteiger partial charge on any atom is -0.420 e. The summed E-state index contributed by atoms with van der Waals surface area (Å²) >= 11 is 0. The first-order valence-corrected chi connectivity index (χ1v) is 11.5. The third kappa shape index (κ3) is 5.95. The van der Waals surface area contributed by atoms with Crippen molar-refractivity contribution in [1.29, 1.82) is 0 Å². The van der Waals surface area contributed by atoms with Crippen molar-refractivity contribution in [2.75, 3.05) is 5.75 Å². The molecule has 2 heterocycles. The van der Waals surface area contributed by atoms with Crippen LogP contribution in [0.2, 0.25) is 0 Å². The number of hydrogen-bond donors (Lipinski definition) is 0. The number of nitrogens with zero attached hydrogens (tertiary/aromatic N) is 3. The zero-order valence-electron chi connectivity index (χ0n) is 17.6. The maximum Gasteiger partial charge on any atom is 0.420 e. The van der Waals surface area contributed by atoms with Crippen LogP contribution in [-0.4, -0.2) is 28.7 Å². The van der Waals surface area contributed by atoms with E-state index in [1.807, 2.05) is 0 Å². The van der Waals surface area contributed by atoms with Crippen LogP contribution in [0.4, 0.5) is 17.6 Å². The van der Waals surface area contributed by atoms with Crippen LogP contribution < -0.4 is 10.3 Å². The number of aryl methyl sites for hydroxylation is 1. The normalized spacial score (nSPS) is 12.1. The minimum absolute atomic E-state index is 0.0535. The second-order valence-corrected chi connectivity index (χ2v) is 9.39. The Morgan fingerprint density at radius 3 is 2.48 bits per heavy atom. The molecule has 0 spiro atoms. The molecule has 3 rings (SSSR count). The number of halogens is 4. The fourth-order valence-corrected chi connectivity index (χ4v) is 4.39. The molecule has 12 heteroatoms. The smallest absolute Gasteiger partial charge is 0.420 e. The highest BCUT2D eigenvalue weighted by atomic mass is 32.2. The van der Waals surface area contributed by atoms with E-state index in [2.05, 4.69) is 9.97 Å². The van der Waals surface area contributed by atoms with Crippen LogP contribution in [0, 0.1) is 5.82 Å². The number of para-hydroxylation sites is 1. The van der Waals surface area contributed by atoms with Gasteiger partial charge >= 0.3 is 12.2 Å². The van der Waals surface area contributed by atoms with Crippen LogP contribution in [0.25, 0.3) is 11.3 Å². The molecule has 2 aromatic heterocycles. The maximum atomic E-state index is 14.2. The summed E-state index contributed by atoms with van der Waals surface area (Å²) in [6.07, 6.45) is -3.16. The third-order valence-electron chi connectivity index (χ3n) is 4.49. The largest absolute Gasteiger partial charge is 0.420 e. The van der Waals surface area contributed by atoms with Crippen molar-refractivity contribution >= 4 is 9.84 Å². The molecule has 0 unspecified atom stereocenters. The molecule has 33 heavy (non-hydrogen) atoms. The SMILES string of the molecule is CCCS(=O)(=O)Cc1cc(-c2ccc(=O)n(C)c2)nc(Oc2c(F)cccc2C(F)(F)F)n1. The number of pyridine rings is 1. The Balaban J connectivity index is 2.14. The van der Waals surface area contributed by atoms with Crippen molar-refractivity contribution < 1.29 is 30.7 Å². The van der Waals surface area contributed by atoms with Gasteiger partial charge in [-0.3, -0.25) is 4.79 Å². The lowest BCUT2D eigenvalue weighted by Gasteiger charge is -2.14. The van der Waals surface area contributed by atoms with Crippen LogP contribution in [0.3, 0.4) is 0 Å². The van der Waals surface area contributed by atoms with Crippen molar-refractivity contribution in [3.63, 3.8) is 0 Å². The average Bonchev–Trinajstić information content (AvgIpc) is 2.70. The fourth-order valence-electron chi connectivity index (χ4n) is 3.02. The highest BCUT2D eigenvalue weighted by Crippen LogP contribution is 2.39. The van der Waals surface area contributed by atoms with Crippen LogP contribution in [0.15, 0.2) is 47.4 Å². The molecular weight excluding hydrogens is 466 g/mol. The molecule has 0 saturated carbocycles. The van der Waals surface area contributed by atoms with E-state index in [0.717, 1.165) is 12.1 Å². The third-order valence-corrected chi connectivity index (χ3v) is 6.25. The Hall–Kier alpha value is -3.28. The highest BCUT2D eigenvalue weighted by Gasteiger charge is 2.36. The molecule has 1 aromatic carbocycles. The standard InChI is InChI=1S/C21H19F4N3O4S/c1-3-9-33(30,31)12-14-10-17(13-7-8-18(29)28(2)11-13)27-20(26-14)32-19-15(21(23,24)25)5-4-6-16(19)22/h4-8,10-11H,3,9,12H2,1-2H3. The molecule has 0 aliphatic heterocycles. The Morgan fingerprint density at radius 2 is 1.85 bits per heavy atom. The summed E-state index contributed by atoms with van der Waals surface area (Å²) in [7, 11) is -2.10. The molecule has 7 nitrogen and oxygen atoms in total. The van der Waals surface area contributed by atoms with E-state index in [1.54, 1.807) is 6.92 Å². The number of rotatable bonds is 7. The topological polar surface area (TPSA) is 91.2 Å². The first-order chi connectivity index (χ1) is 15.4. The number of hydrogen-bond acceptors (Lipinski definition) is 6. The molecule has 3 aromatic rings. The summed E-state index contributed by atoms with van der Waals surface area (Å²) in [4.78, 5) is 19.6. The predicted molar refractivity (Wildman–Crippen MR) is 112 cm³/mol. The van der Waals surface area contributed by atoms with E-state index >= 15 is 0 Å². The monoisotopic (exact) mass is 485 g/mol. The number of sulfone groups is 1. The molecule has 0 aliphatic carbocycles. The quantitative estimate of drug-likeness (QED) is 0.468. The second kappa shape index (κ2) is 9.30. The molecule has 0 atom stereocenters. The van der Waals surface area contributed by atoms with Gasteiger partial charge in [0.25, 0.3) is 0 Å². The molecular formula is C21H19F4N3O4S. The van der Waals surface area contributed by atoms with E-state index in [4.69, 9.17) is 4.74 Å². The van der Waals surface area contributed by atoms with Crippen LogP contribution in [0.5, 0.6) is 11.8 Å². The zero-order chi connectivity index (χ0) is 24.4. The van der Waals surface area contributed by atoms with E-state index in [0.29, 0.717) is 18.1 Å². The minimum atomic E-state index is -4.92. The summed E-state index contributed by atoms with van der Waals surface area (Å²) in [5.74, 6) is -3.08. The summed E-state index contributed by atoms with van der Waals surface area (Å²) in [6.45, 7) is 1.68. The van der Waals surface area contributed by atoms with Gasteiger partial charge < -0.3 is 9.30 Å². The zero-order valence-corrected chi connectivity index (χ0v) is 18.4. The van der Waals surface area contributed by atoms with Crippen molar-refractivity contribution in [3.05, 3.63) is 70.0 Å². The van der Waals surface area contributed by atoms with Gasteiger partial charge in [0.1, 0.15) is 5.56 Å². The Bertz CT molecular complexity index is 1340. The van der Waals surface area contributed by atoms with E-state index in [-0.39, 0.29) is 22.7 Å². The molecule has 0 bridgehead atoms. The first-order valence-electron chi connectivity index (χ1n) is 9.68. The maximum absolute atomic E-state index is 14.2. The van der Waals surface area contributed by atoms with Gasteiger partial charge in [-0.25, -0.2) is 12.8 Å². The van der Waals surface area contributed by atoms with Crippen molar-refractivity contribution in [1.82, 2.24) is 14.5 Å². The molecule has 0 amide bonds. The van der Waals surface area contributed by atoms with Gasteiger partial charge in [-0.05, 0) is 30.7 Å². The summed E-state index contributed by atoms with van der Waals surface area (Å²) in [5.41, 5.74) is -1.32. The lowest BCUT2D eigenvalue weighted by atomic mass is 10.2. The Labute approximate surface area is 186 Å². The van der Waals surface area contributed by atoms with Gasteiger partial charge in [-0.15, -0.1) is 0 Å². The molecule has 0 saturated heterocycles. The van der Waals surface area contributed by atoms with Crippen molar-refractivity contribution in [3.8, 4) is 23.0 Å². The number of alkyl halides is 3. The van der Waals surface area contributed by atoms with E-state index in [9.17, 15) is 30.8 Å². The van der Waals surface area contributed by atoms with Crippen LogP contribution in [-0.2, 0) is 28.8 Å². The summed E-state index contributed by atoms with van der Waals surface area (Å²) in [5, 5.41) is 0. The highest BCUT2D eigenvalue weighted by molar-refractivity contribution is 7.90.